The van der Waals surface area contributed by atoms with Crippen molar-refractivity contribution in [1.82, 2.24) is 9.30 Å². The van der Waals surface area contributed by atoms with Crippen LogP contribution in [0, 0.1) is 10.7 Å². The predicted molar refractivity (Wildman–Crippen MR) is 115 cm³/mol. The average molecular weight is 391 g/mol. The molecule has 0 unspecified atom stereocenters. The molecule has 0 saturated heterocycles. The lowest BCUT2D eigenvalue weighted by Gasteiger charge is -2.19. The molecule has 0 bridgehead atoms. The molecule has 1 saturated carbocycles. The van der Waals surface area contributed by atoms with E-state index in [1.165, 1.54) is 21.9 Å². The summed E-state index contributed by atoms with van der Waals surface area (Å²) in [6, 6.07) is 16.9. The number of carbonyl (C=O) groups is 1. The Morgan fingerprint density at radius 3 is 2.18 bits per heavy atom. The standard InChI is InChI=1S/C23H22N2O2S/c1-24-20-13-18-11-16-9-5-6-10-17(16)12-19(18)14-21(20)25(23(24)28)27-22(26)15-7-3-2-4-8-15/h5-6,9-15H,2-4,7-8H2,1H3. The second-order valence-electron chi connectivity index (χ2n) is 7.77. The van der Waals surface area contributed by atoms with Gasteiger partial charge in [0.05, 0.1) is 11.4 Å². The van der Waals surface area contributed by atoms with Crippen LogP contribution in [0.4, 0.5) is 0 Å². The number of hydrogen-bond acceptors (Lipinski definition) is 3. The molecule has 0 N–H and O–H groups in total. The van der Waals surface area contributed by atoms with Crippen LogP contribution in [0.15, 0.2) is 48.5 Å². The fourth-order valence-corrected chi connectivity index (χ4v) is 4.57. The highest BCUT2D eigenvalue weighted by molar-refractivity contribution is 7.71. The molecule has 1 fully saturated rings. The molecule has 142 valence electrons. The van der Waals surface area contributed by atoms with Crippen molar-refractivity contribution >= 4 is 50.8 Å². The van der Waals surface area contributed by atoms with E-state index in [1.807, 2.05) is 17.7 Å². The fraction of sp³-hybridized carbons (Fsp3) is 0.304. The van der Waals surface area contributed by atoms with Gasteiger partial charge < -0.3 is 9.40 Å². The summed E-state index contributed by atoms with van der Waals surface area (Å²) in [6.45, 7) is 0. The van der Waals surface area contributed by atoms with Crippen molar-refractivity contribution in [3.8, 4) is 0 Å². The molecule has 0 spiro atoms. The van der Waals surface area contributed by atoms with Crippen molar-refractivity contribution in [3.05, 3.63) is 53.3 Å². The van der Waals surface area contributed by atoms with Crippen LogP contribution in [0.5, 0.6) is 0 Å². The number of carbonyl (C=O) groups excluding carboxylic acids is 1. The highest BCUT2D eigenvalue weighted by Gasteiger charge is 2.24. The minimum atomic E-state index is -0.165. The molecular weight excluding hydrogens is 368 g/mol. The molecule has 4 nitrogen and oxygen atoms in total. The minimum Gasteiger partial charge on any atom is -0.333 e. The summed E-state index contributed by atoms with van der Waals surface area (Å²) in [4.78, 5) is 18.5. The summed E-state index contributed by atoms with van der Waals surface area (Å²) in [7, 11) is 1.92. The van der Waals surface area contributed by atoms with Crippen LogP contribution >= 0.6 is 12.2 Å². The van der Waals surface area contributed by atoms with Crippen LogP contribution in [0.25, 0.3) is 32.6 Å². The number of imidazole rings is 1. The quantitative estimate of drug-likeness (QED) is 0.332. The molecule has 0 radical (unpaired) electrons. The topological polar surface area (TPSA) is 36.2 Å². The SMILES string of the molecule is Cn1c(=S)n(OC(=O)C2CCCCC2)c2cc3cc4ccccc4cc3cc21. The summed E-state index contributed by atoms with van der Waals surface area (Å²) >= 11 is 5.59. The third kappa shape index (κ3) is 2.81. The van der Waals surface area contributed by atoms with Gasteiger partial charge in [-0.3, -0.25) is 0 Å². The number of aryl methyl sites for hydroxylation is 1. The molecule has 0 amide bonds. The Labute approximate surface area is 168 Å². The van der Waals surface area contributed by atoms with E-state index in [1.54, 1.807) is 0 Å². The average Bonchev–Trinajstić information content (AvgIpc) is 2.95. The van der Waals surface area contributed by atoms with Crippen molar-refractivity contribution in [3.63, 3.8) is 0 Å². The number of nitrogens with zero attached hydrogens (tertiary/aromatic N) is 2. The maximum absolute atomic E-state index is 12.7. The largest absolute Gasteiger partial charge is 0.336 e. The molecule has 1 heterocycles. The number of fused-ring (bicyclic) bond motifs is 3. The van der Waals surface area contributed by atoms with Crippen LogP contribution in [0.1, 0.15) is 32.1 Å². The van der Waals surface area contributed by atoms with Gasteiger partial charge in [-0.2, -0.15) is 0 Å². The first-order chi connectivity index (χ1) is 13.6. The van der Waals surface area contributed by atoms with Crippen molar-refractivity contribution < 1.29 is 9.63 Å². The van der Waals surface area contributed by atoms with E-state index in [-0.39, 0.29) is 11.9 Å². The minimum absolute atomic E-state index is 0.0182. The van der Waals surface area contributed by atoms with E-state index in [4.69, 9.17) is 17.1 Å². The first kappa shape index (κ1) is 17.4. The lowest BCUT2D eigenvalue weighted by Crippen LogP contribution is -2.28. The van der Waals surface area contributed by atoms with Gasteiger partial charge in [0, 0.05) is 7.05 Å². The molecular formula is C23H22N2O2S. The summed E-state index contributed by atoms with van der Waals surface area (Å²) in [5, 5.41) is 4.65. The van der Waals surface area contributed by atoms with E-state index in [0.717, 1.165) is 47.5 Å². The lowest BCUT2D eigenvalue weighted by atomic mass is 9.89. The second-order valence-corrected chi connectivity index (χ2v) is 8.13. The Morgan fingerprint density at radius 2 is 1.54 bits per heavy atom. The predicted octanol–water partition coefficient (Wildman–Crippen LogP) is 5.55. The fourth-order valence-electron chi connectivity index (χ4n) is 4.33. The lowest BCUT2D eigenvalue weighted by molar-refractivity contribution is -0.149. The van der Waals surface area contributed by atoms with Gasteiger partial charge in [-0.05, 0) is 70.9 Å². The molecule has 1 aromatic heterocycles. The van der Waals surface area contributed by atoms with Gasteiger partial charge in [0.2, 0.25) is 4.77 Å². The smallest absolute Gasteiger partial charge is 0.333 e. The highest BCUT2D eigenvalue weighted by Crippen LogP contribution is 2.29. The summed E-state index contributed by atoms with van der Waals surface area (Å²) in [5.74, 6) is -0.183. The van der Waals surface area contributed by atoms with Crippen molar-refractivity contribution in [2.45, 2.75) is 32.1 Å². The summed E-state index contributed by atoms with van der Waals surface area (Å²) < 4.78 is 3.95. The van der Waals surface area contributed by atoms with Gasteiger partial charge >= 0.3 is 5.97 Å². The van der Waals surface area contributed by atoms with E-state index >= 15 is 0 Å². The van der Waals surface area contributed by atoms with Crippen molar-refractivity contribution in [2.24, 2.45) is 13.0 Å². The van der Waals surface area contributed by atoms with E-state index in [2.05, 4.69) is 42.5 Å². The molecule has 3 aromatic carbocycles. The van der Waals surface area contributed by atoms with Gasteiger partial charge in [0.25, 0.3) is 0 Å². The normalized spacial score (nSPS) is 15.5. The first-order valence-electron chi connectivity index (χ1n) is 9.88. The molecule has 1 aliphatic rings. The van der Waals surface area contributed by atoms with E-state index in [0.29, 0.717) is 4.77 Å². The molecule has 0 aliphatic heterocycles. The molecule has 4 aromatic rings. The van der Waals surface area contributed by atoms with Crippen molar-refractivity contribution in [1.29, 1.82) is 0 Å². The Balaban J connectivity index is 1.65. The summed E-state index contributed by atoms with van der Waals surface area (Å²) in [5.41, 5.74) is 1.80. The van der Waals surface area contributed by atoms with Crippen LogP contribution in [0.2, 0.25) is 0 Å². The van der Waals surface area contributed by atoms with Gasteiger partial charge in [-0.25, -0.2) is 4.79 Å². The molecule has 5 rings (SSSR count). The Bertz CT molecular complexity index is 1280. The van der Waals surface area contributed by atoms with Crippen LogP contribution in [-0.4, -0.2) is 15.3 Å². The number of aromatic nitrogens is 2. The maximum atomic E-state index is 12.7. The monoisotopic (exact) mass is 390 g/mol. The number of hydrogen-bond donors (Lipinski definition) is 0. The van der Waals surface area contributed by atoms with Gasteiger partial charge in [-0.15, -0.1) is 4.73 Å². The van der Waals surface area contributed by atoms with Crippen LogP contribution in [-0.2, 0) is 11.8 Å². The molecule has 28 heavy (non-hydrogen) atoms. The third-order valence-electron chi connectivity index (χ3n) is 5.96. The second kappa shape index (κ2) is 6.74. The molecule has 0 atom stereocenters. The Hall–Kier alpha value is -2.66. The molecule has 1 aliphatic carbocycles. The molecule has 5 heteroatoms. The maximum Gasteiger partial charge on any atom is 0.336 e. The third-order valence-corrected chi connectivity index (χ3v) is 6.40. The number of benzene rings is 3. The summed E-state index contributed by atoms with van der Waals surface area (Å²) in [6.07, 6.45) is 5.21. The Morgan fingerprint density at radius 1 is 0.929 bits per heavy atom. The zero-order valence-electron chi connectivity index (χ0n) is 15.9. The zero-order valence-corrected chi connectivity index (χ0v) is 16.7. The van der Waals surface area contributed by atoms with Gasteiger partial charge in [0.15, 0.2) is 0 Å². The van der Waals surface area contributed by atoms with Crippen molar-refractivity contribution in [2.75, 3.05) is 0 Å². The van der Waals surface area contributed by atoms with E-state index < -0.39 is 0 Å². The van der Waals surface area contributed by atoms with Crippen LogP contribution in [0.3, 0.4) is 0 Å². The highest BCUT2D eigenvalue weighted by atomic mass is 32.1. The number of rotatable bonds is 2. The first-order valence-corrected chi connectivity index (χ1v) is 10.3. The van der Waals surface area contributed by atoms with Gasteiger partial charge in [0.1, 0.15) is 5.52 Å². The Kier molecular flexibility index (Phi) is 4.20. The zero-order chi connectivity index (χ0) is 19.3. The van der Waals surface area contributed by atoms with E-state index in [9.17, 15) is 4.79 Å². The van der Waals surface area contributed by atoms with Crippen LogP contribution < -0.4 is 4.84 Å². The van der Waals surface area contributed by atoms with Gasteiger partial charge in [-0.1, -0.05) is 43.5 Å².